The average Bonchev–Trinajstić information content (AvgIpc) is 2.05. The van der Waals surface area contributed by atoms with Crippen LogP contribution in [0.25, 0.3) is 0 Å². The van der Waals surface area contributed by atoms with E-state index in [0.717, 1.165) is 12.8 Å². The van der Waals surface area contributed by atoms with Crippen LogP contribution in [0.2, 0.25) is 0 Å². The maximum Gasteiger partial charge on any atom is 0.0823 e. The smallest absolute Gasteiger partial charge is 0.0823 e. The van der Waals surface area contributed by atoms with Crippen LogP contribution in [0.4, 0.5) is 0 Å². The van der Waals surface area contributed by atoms with E-state index in [2.05, 4.69) is 13.8 Å². The summed E-state index contributed by atoms with van der Waals surface area (Å²) in [5, 5.41) is 0. The highest BCUT2D eigenvalue weighted by molar-refractivity contribution is 7.99. The Morgan fingerprint density at radius 3 is 2.42 bits per heavy atom. The molecule has 1 heterocycles. The van der Waals surface area contributed by atoms with Crippen LogP contribution >= 0.6 is 11.8 Å². The molecule has 1 rings (SSSR count). The Labute approximate surface area is 79.2 Å². The second kappa shape index (κ2) is 4.49. The second-order valence-electron chi connectivity index (χ2n) is 3.67. The summed E-state index contributed by atoms with van der Waals surface area (Å²) in [5.74, 6) is 2.40. The summed E-state index contributed by atoms with van der Waals surface area (Å²) in [5.41, 5.74) is 5.75. The van der Waals surface area contributed by atoms with Crippen LogP contribution in [-0.4, -0.2) is 29.8 Å². The highest BCUT2D eigenvalue weighted by Gasteiger charge is 2.32. The predicted molar refractivity (Wildman–Crippen MR) is 54.6 cm³/mol. The minimum absolute atomic E-state index is 0.000579. The van der Waals surface area contributed by atoms with E-state index in [1.165, 1.54) is 11.5 Å². The van der Waals surface area contributed by atoms with Crippen molar-refractivity contribution in [2.75, 3.05) is 18.1 Å². The molecule has 3 heteroatoms. The van der Waals surface area contributed by atoms with Gasteiger partial charge in [-0.25, -0.2) is 0 Å². The van der Waals surface area contributed by atoms with Gasteiger partial charge in [0.2, 0.25) is 0 Å². The monoisotopic (exact) mass is 189 g/mol. The van der Waals surface area contributed by atoms with E-state index in [9.17, 15) is 0 Å². The van der Waals surface area contributed by atoms with Gasteiger partial charge in [-0.2, -0.15) is 11.8 Å². The van der Waals surface area contributed by atoms with Crippen LogP contribution < -0.4 is 5.73 Å². The summed E-state index contributed by atoms with van der Waals surface area (Å²) in [6.07, 6.45) is 2.54. The van der Waals surface area contributed by atoms with Crippen molar-refractivity contribution in [3.8, 4) is 0 Å². The van der Waals surface area contributed by atoms with Crippen molar-refractivity contribution in [2.45, 2.75) is 38.4 Å². The van der Waals surface area contributed by atoms with Gasteiger partial charge in [0.25, 0.3) is 0 Å². The summed E-state index contributed by atoms with van der Waals surface area (Å²) >= 11 is 2.00. The first-order valence-corrected chi connectivity index (χ1v) is 5.80. The SMILES string of the molecule is CC(C)OC1(CN)CCSCC1. The first-order chi connectivity index (χ1) is 5.68. The molecule has 0 aromatic carbocycles. The zero-order valence-corrected chi connectivity index (χ0v) is 8.82. The highest BCUT2D eigenvalue weighted by Crippen LogP contribution is 2.30. The third-order valence-electron chi connectivity index (χ3n) is 2.26. The number of hydrogen-bond acceptors (Lipinski definition) is 3. The Bertz CT molecular complexity index is 132. The van der Waals surface area contributed by atoms with Gasteiger partial charge in [-0.05, 0) is 38.2 Å². The van der Waals surface area contributed by atoms with Crippen molar-refractivity contribution in [3.05, 3.63) is 0 Å². The Morgan fingerprint density at radius 1 is 1.42 bits per heavy atom. The second-order valence-corrected chi connectivity index (χ2v) is 4.89. The zero-order chi connectivity index (χ0) is 9.03. The number of ether oxygens (including phenoxy) is 1. The highest BCUT2D eigenvalue weighted by atomic mass is 32.2. The molecule has 0 spiro atoms. The van der Waals surface area contributed by atoms with E-state index >= 15 is 0 Å². The lowest BCUT2D eigenvalue weighted by molar-refractivity contribution is -0.0787. The minimum Gasteiger partial charge on any atom is -0.371 e. The molecule has 1 fully saturated rings. The standard InChI is InChI=1S/C9H19NOS/c1-8(2)11-9(7-10)3-5-12-6-4-9/h8H,3-7,10H2,1-2H3. The number of thioether (sulfide) groups is 1. The Kier molecular flexibility index (Phi) is 3.87. The summed E-state index contributed by atoms with van der Waals surface area (Å²) in [4.78, 5) is 0. The molecule has 0 radical (unpaired) electrons. The molecule has 1 saturated heterocycles. The fourth-order valence-electron chi connectivity index (χ4n) is 1.61. The number of hydrogen-bond donors (Lipinski definition) is 1. The van der Waals surface area contributed by atoms with Gasteiger partial charge in [0.1, 0.15) is 0 Å². The molecule has 0 atom stereocenters. The van der Waals surface area contributed by atoms with Crippen molar-refractivity contribution in [2.24, 2.45) is 5.73 Å². The van der Waals surface area contributed by atoms with Crippen molar-refractivity contribution >= 4 is 11.8 Å². The van der Waals surface area contributed by atoms with Crippen LogP contribution in [0.15, 0.2) is 0 Å². The van der Waals surface area contributed by atoms with E-state index < -0.39 is 0 Å². The lowest BCUT2D eigenvalue weighted by atomic mass is 9.96. The Hall–Kier alpha value is 0.270. The largest absolute Gasteiger partial charge is 0.371 e. The molecule has 0 aromatic rings. The Balaban J connectivity index is 2.48. The molecule has 72 valence electrons. The molecular weight excluding hydrogens is 170 g/mol. The van der Waals surface area contributed by atoms with Gasteiger partial charge in [-0.1, -0.05) is 0 Å². The van der Waals surface area contributed by atoms with Gasteiger partial charge in [-0.15, -0.1) is 0 Å². The molecular formula is C9H19NOS. The van der Waals surface area contributed by atoms with Gasteiger partial charge in [0.15, 0.2) is 0 Å². The van der Waals surface area contributed by atoms with E-state index in [0.29, 0.717) is 12.6 Å². The molecule has 0 aromatic heterocycles. The average molecular weight is 189 g/mol. The molecule has 0 unspecified atom stereocenters. The van der Waals surface area contributed by atoms with Crippen molar-refractivity contribution in [1.82, 2.24) is 0 Å². The quantitative estimate of drug-likeness (QED) is 0.733. The van der Waals surface area contributed by atoms with E-state index in [1.54, 1.807) is 0 Å². The predicted octanol–water partition coefficient (Wildman–Crippen LogP) is 1.64. The summed E-state index contributed by atoms with van der Waals surface area (Å²) in [6.45, 7) is 4.84. The van der Waals surface area contributed by atoms with Crippen molar-refractivity contribution in [3.63, 3.8) is 0 Å². The summed E-state index contributed by atoms with van der Waals surface area (Å²) in [6, 6.07) is 0. The fourth-order valence-corrected chi connectivity index (χ4v) is 2.85. The van der Waals surface area contributed by atoms with Gasteiger partial charge < -0.3 is 10.5 Å². The van der Waals surface area contributed by atoms with Crippen LogP contribution in [0.5, 0.6) is 0 Å². The summed E-state index contributed by atoms with van der Waals surface area (Å²) < 4.78 is 5.89. The Morgan fingerprint density at radius 2 is 2.00 bits per heavy atom. The van der Waals surface area contributed by atoms with Crippen LogP contribution in [0.3, 0.4) is 0 Å². The third kappa shape index (κ3) is 2.64. The zero-order valence-electron chi connectivity index (χ0n) is 8.01. The van der Waals surface area contributed by atoms with Crippen LogP contribution in [0.1, 0.15) is 26.7 Å². The minimum atomic E-state index is -0.000579. The molecule has 0 aliphatic carbocycles. The normalized spacial score (nSPS) is 23.0. The first kappa shape index (κ1) is 10.4. The van der Waals surface area contributed by atoms with Gasteiger partial charge in [-0.3, -0.25) is 0 Å². The van der Waals surface area contributed by atoms with Crippen LogP contribution in [0, 0.1) is 0 Å². The molecule has 0 bridgehead atoms. The van der Waals surface area contributed by atoms with Gasteiger partial charge >= 0.3 is 0 Å². The molecule has 2 N–H and O–H groups in total. The first-order valence-electron chi connectivity index (χ1n) is 4.64. The van der Waals surface area contributed by atoms with Gasteiger partial charge in [0.05, 0.1) is 11.7 Å². The molecule has 2 nitrogen and oxygen atoms in total. The lowest BCUT2D eigenvalue weighted by Gasteiger charge is -2.37. The van der Waals surface area contributed by atoms with E-state index in [4.69, 9.17) is 10.5 Å². The molecule has 1 aliphatic heterocycles. The number of rotatable bonds is 3. The summed E-state index contributed by atoms with van der Waals surface area (Å²) in [7, 11) is 0. The number of nitrogens with two attached hydrogens (primary N) is 1. The van der Waals surface area contributed by atoms with Crippen molar-refractivity contribution in [1.29, 1.82) is 0 Å². The topological polar surface area (TPSA) is 35.2 Å². The maximum absolute atomic E-state index is 5.89. The van der Waals surface area contributed by atoms with Gasteiger partial charge in [0, 0.05) is 6.54 Å². The van der Waals surface area contributed by atoms with Crippen molar-refractivity contribution < 1.29 is 4.74 Å². The lowest BCUT2D eigenvalue weighted by Crippen LogP contribution is -2.45. The molecule has 12 heavy (non-hydrogen) atoms. The maximum atomic E-state index is 5.89. The fraction of sp³-hybridized carbons (Fsp3) is 1.00. The molecule has 1 aliphatic rings. The van der Waals surface area contributed by atoms with Crippen LogP contribution in [-0.2, 0) is 4.74 Å². The van der Waals surface area contributed by atoms with E-state index in [-0.39, 0.29) is 5.60 Å². The molecule has 0 amide bonds. The molecule has 0 saturated carbocycles. The van der Waals surface area contributed by atoms with E-state index in [1.807, 2.05) is 11.8 Å². The third-order valence-corrected chi connectivity index (χ3v) is 3.25.